The minimum absolute atomic E-state index is 0.359. The summed E-state index contributed by atoms with van der Waals surface area (Å²) >= 11 is 9.05. The number of rotatable bonds is 2. The largest absolute Gasteiger partial charge is 0.469 e. The van der Waals surface area contributed by atoms with Crippen molar-refractivity contribution >= 4 is 34.1 Å². The quantitative estimate of drug-likeness (QED) is 0.722. The van der Waals surface area contributed by atoms with Crippen LogP contribution in [-0.2, 0) is 4.74 Å². The highest BCUT2D eigenvalue weighted by molar-refractivity contribution is 6.61. The van der Waals surface area contributed by atoms with Gasteiger partial charge in [-0.1, -0.05) is 13.8 Å². The van der Waals surface area contributed by atoms with Crippen LogP contribution in [0, 0.1) is 5.92 Å². The molecule has 4 nitrogen and oxygen atoms in total. The van der Waals surface area contributed by atoms with E-state index >= 15 is 0 Å². The lowest BCUT2D eigenvalue weighted by atomic mass is 10.2. The maximum atomic E-state index is 9.89. The predicted octanol–water partition coefficient (Wildman–Crippen LogP) is 2.92. The van der Waals surface area contributed by atoms with Crippen molar-refractivity contribution < 1.29 is 19.4 Å². The molecule has 0 amide bonds. The Hall–Kier alpha value is -0.480. The monoisotopic (exact) mass is 216 g/mol. The van der Waals surface area contributed by atoms with Crippen LogP contribution < -0.4 is 0 Å². The molecule has 0 aliphatic carbocycles. The lowest BCUT2D eigenvalue weighted by Gasteiger charge is -2.00. The Morgan fingerprint density at radius 3 is 1.83 bits per heavy atom. The maximum Gasteiger partial charge on any atom is 0.403 e. The molecule has 1 N–H and O–H groups in total. The summed E-state index contributed by atoms with van der Waals surface area (Å²) in [5, 5.41) is 7.18. The third-order valence-corrected chi connectivity index (χ3v) is 0.639. The number of carbonyl (C=O) groups is 2. The SMILES string of the molecule is CC(C)COC(=O)Cl.O=C(O)Cl. The minimum atomic E-state index is -1.36. The van der Waals surface area contributed by atoms with Gasteiger partial charge < -0.3 is 9.84 Å². The standard InChI is InChI=1S/C5H9ClO2.CHClO2/c1-4(2)3-8-5(6)7;2-1(3)4/h4H,3H2,1-2H3;(H,3,4). The lowest BCUT2D eigenvalue weighted by molar-refractivity contribution is 0.159. The lowest BCUT2D eigenvalue weighted by Crippen LogP contribution is -2.02. The summed E-state index contributed by atoms with van der Waals surface area (Å²) in [4.78, 5) is 18.7. The Morgan fingerprint density at radius 2 is 1.75 bits per heavy atom. The molecule has 0 bridgehead atoms. The molecule has 0 aliphatic heterocycles. The molecule has 72 valence electrons. The molecule has 0 aromatic heterocycles. The molecule has 0 atom stereocenters. The molecule has 0 radical (unpaired) electrons. The average molecular weight is 217 g/mol. The van der Waals surface area contributed by atoms with Crippen molar-refractivity contribution in [3.63, 3.8) is 0 Å². The van der Waals surface area contributed by atoms with E-state index in [2.05, 4.69) is 16.3 Å². The third kappa shape index (κ3) is 33.8. The highest BCUT2D eigenvalue weighted by Gasteiger charge is 1.96. The van der Waals surface area contributed by atoms with Gasteiger partial charge in [-0.05, 0) is 5.92 Å². The van der Waals surface area contributed by atoms with Gasteiger partial charge in [0.05, 0.1) is 6.61 Å². The number of hydrogen-bond acceptors (Lipinski definition) is 3. The molecule has 0 heterocycles. The smallest absolute Gasteiger partial charge is 0.403 e. The van der Waals surface area contributed by atoms with Gasteiger partial charge in [0, 0.05) is 23.2 Å². The predicted molar refractivity (Wildman–Crippen MR) is 45.9 cm³/mol. The first kappa shape index (κ1) is 14.1. The summed E-state index contributed by atoms with van der Waals surface area (Å²) in [6.45, 7) is 4.29. The van der Waals surface area contributed by atoms with E-state index in [1.165, 1.54) is 0 Å². The van der Waals surface area contributed by atoms with Gasteiger partial charge in [0.1, 0.15) is 0 Å². The van der Waals surface area contributed by atoms with Crippen LogP contribution >= 0.6 is 23.2 Å². The van der Waals surface area contributed by atoms with Gasteiger partial charge >= 0.3 is 10.9 Å². The first-order valence-corrected chi connectivity index (χ1v) is 3.82. The van der Waals surface area contributed by atoms with Gasteiger partial charge in [0.15, 0.2) is 0 Å². The number of hydrogen-bond donors (Lipinski definition) is 1. The molecule has 0 saturated heterocycles. The van der Waals surface area contributed by atoms with E-state index in [9.17, 15) is 4.79 Å². The molecule has 0 aromatic carbocycles. The molecule has 0 rings (SSSR count). The molecule has 0 spiro atoms. The van der Waals surface area contributed by atoms with Crippen LogP contribution in [0.25, 0.3) is 0 Å². The van der Waals surface area contributed by atoms with E-state index in [0.717, 1.165) is 0 Å². The molecule has 0 aromatic rings. The zero-order chi connectivity index (χ0) is 10.1. The first-order chi connectivity index (χ1) is 5.36. The normalized spacial score (nSPS) is 8.42. The summed E-state index contributed by atoms with van der Waals surface area (Å²) in [6.07, 6.45) is 0. The Balaban J connectivity index is 0. The second-order valence-corrected chi connectivity index (χ2v) is 2.83. The molecular formula is C6H10Cl2O4. The second kappa shape index (κ2) is 8.62. The molecule has 0 unspecified atom stereocenters. The Bertz CT molecular complexity index is 142. The first-order valence-electron chi connectivity index (χ1n) is 3.07. The van der Waals surface area contributed by atoms with Crippen LogP contribution in [0.15, 0.2) is 0 Å². The second-order valence-electron chi connectivity index (χ2n) is 2.20. The fourth-order valence-electron chi connectivity index (χ4n) is 0.232. The van der Waals surface area contributed by atoms with Gasteiger partial charge in [-0.25, -0.2) is 9.59 Å². The van der Waals surface area contributed by atoms with Gasteiger partial charge in [0.25, 0.3) is 0 Å². The molecule has 0 aliphatic rings. The van der Waals surface area contributed by atoms with Crippen molar-refractivity contribution in [1.29, 1.82) is 0 Å². The molecule has 6 heteroatoms. The topological polar surface area (TPSA) is 63.6 Å². The van der Waals surface area contributed by atoms with E-state index in [0.29, 0.717) is 12.5 Å². The van der Waals surface area contributed by atoms with Crippen LogP contribution in [0.1, 0.15) is 13.8 Å². The third-order valence-electron chi connectivity index (χ3n) is 0.530. The van der Waals surface area contributed by atoms with Gasteiger partial charge in [-0.3, -0.25) is 0 Å². The molecular weight excluding hydrogens is 207 g/mol. The van der Waals surface area contributed by atoms with Crippen LogP contribution in [0.3, 0.4) is 0 Å². The summed E-state index contributed by atoms with van der Waals surface area (Å²) in [5.41, 5.74) is -2.08. The summed E-state index contributed by atoms with van der Waals surface area (Å²) in [7, 11) is 0. The maximum absolute atomic E-state index is 9.89. The van der Waals surface area contributed by atoms with E-state index in [4.69, 9.17) is 21.5 Å². The zero-order valence-corrected chi connectivity index (χ0v) is 8.22. The van der Waals surface area contributed by atoms with Crippen LogP contribution in [0.4, 0.5) is 9.59 Å². The van der Waals surface area contributed by atoms with Crippen molar-refractivity contribution in [1.82, 2.24) is 0 Å². The number of carboxylic acid groups (broad SMARTS) is 1. The van der Waals surface area contributed by atoms with E-state index in [1.54, 1.807) is 0 Å². The average Bonchev–Trinajstić information content (AvgIpc) is 1.82. The number of carbonyl (C=O) groups excluding carboxylic acids is 1. The van der Waals surface area contributed by atoms with E-state index in [1.807, 2.05) is 13.8 Å². The Morgan fingerprint density at radius 1 is 1.42 bits per heavy atom. The van der Waals surface area contributed by atoms with Gasteiger partial charge in [-0.15, -0.1) is 0 Å². The number of halogens is 2. The fourth-order valence-corrected chi connectivity index (χ4v) is 0.295. The van der Waals surface area contributed by atoms with Crippen molar-refractivity contribution in [2.24, 2.45) is 5.92 Å². The van der Waals surface area contributed by atoms with Crippen molar-refractivity contribution in [3.05, 3.63) is 0 Å². The van der Waals surface area contributed by atoms with E-state index < -0.39 is 10.9 Å². The highest BCUT2D eigenvalue weighted by atomic mass is 35.5. The number of ether oxygens (including phenoxy) is 1. The van der Waals surface area contributed by atoms with Gasteiger partial charge in [0.2, 0.25) is 0 Å². The van der Waals surface area contributed by atoms with Gasteiger partial charge in [-0.2, -0.15) is 0 Å². The summed E-state index contributed by atoms with van der Waals surface area (Å²) < 4.78 is 4.43. The molecule has 0 saturated carbocycles. The van der Waals surface area contributed by atoms with Crippen LogP contribution in [0.2, 0.25) is 0 Å². The fraction of sp³-hybridized carbons (Fsp3) is 0.667. The van der Waals surface area contributed by atoms with Crippen molar-refractivity contribution in [3.8, 4) is 0 Å². The highest BCUT2D eigenvalue weighted by Crippen LogP contribution is 1.94. The summed E-state index contributed by atoms with van der Waals surface area (Å²) in [5.74, 6) is 0.359. The minimum Gasteiger partial charge on any atom is -0.469 e. The Kier molecular flexibility index (Phi) is 10.1. The van der Waals surface area contributed by atoms with Crippen molar-refractivity contribution in [2.75, 3.05) is 6.61 Å². The molecule has 0 fully saturated rings. The Labute approximate surface area is 80.4 Å². The zero-order valence-electron chi connectivity index (χ0n) is 6.71. The van der Waals surface area contributed by atoms with E-state index in [-0.39, 0.29) is 0 Å². The molecule has 12 heavy (non-hydrogen) atoms. The summed E-state index contributed by atoms with van der Waals surface area (Å²) in [6, 6.07) is 0. The van der Waals surface area contributed by atoms with Crippen LogP contribution in [-0.4, -0.2) is 22.6 Å². The van der Waals surface area contributed by atoms with Crippen LogP contribution in [0.5, 0.6) is 0 Å². The van der Waals surface area contributed by atoms with Crippen molar-refractivity contribution in [2.45, 2.75) is 13.8 Å².